The highest BCUT2D eigenvalue weighted by molar-refractivity contribution is 7.99. The van der Waals surface area contributed by atoms with Gasteiger partial charge in [-0.3, -0.25) is 9.36 Å². The number of aryl methyl sites for hydroxylation is 1. The Kier molecular flexibility index (Phi) is 6.71. The lowest BCUT2D eigenvalue weighted by atomic mass is 10.2. The summed E-state index contributed by atoms with van der Waals surface area (Å²) in [6.07, 6.45) is 0. The van der Waals surface area contributed by atoms with Crippen molar-refractivity contribution < 1.29 is 9.53 Å². The second-order valence-electron chi connectivity index (χ2n) is 7.23. The number of hydrogen-bond acceptors (Lipinski definition) is 7. The molecule has 0 spiro atoms. The van der Waals surface area contributed by atoms with Crippen LogP contribution < -0.4 is 4.90 Å². The lowest BCUT2D eigenvalue weighted by molar-refractivity contribution is -0.127. The zero-order valence-electron chi connectivity index (χ0n) is 17.2. The Bertz CT molecular complexity index is 983. The first kappa shape index (κ1) is 20.9. The van der Waals surface area contributed by atoms with Crippen LogP contribution in [0.25, 0.3) is 5.69 Å². The summed E-state index contributed by atoms with van der Waals surface area (Å²) in [6, 6.07) is 10.3. The van der Waals surface area contributed by atoms with Gasteiger partial charge in [-0.05, 0) is 47.0 Å². The van der Waals surface area contributed by atoms with Crippen LogP contribution in [0.4, 0.5) is 5.95 Å². The van der Waals surface area contributed by atoms with Gasteiger partial charge in [0.05, 0.1) is 24.7 Å². The van der Waals surface area contributed by atoms with Gasteiger partial charge in [-0.2, -0.15) is 11.3 Å². The van der Waals surface area contributed by atoms with Crippen LogP contribution in [0.3, 0.4) is 0 Å². The molecule has 158 valence electrons. The van der Waals surface area contributed by atoms with Crippen molar-refractivity contribution in [3.63, 3.8) is 0 Å². The van der Waals surface area contributed by atoms with Crippen molar-refractivity contribution in [2.45, 2.75) is 18.6 Å². The third-order valence-electron chi connectivity index (χ3n) is 4.92. The predicted molar refractivity (Wildman–Crippen MR) is 121 cm³/mol. The molecule has 1 aliphatic rings. The minimum Gasteiger partial charge on any atom is -0.378 e. The third kappa shape index (κ3) is 4.85. The number of nitrogens with zero attached hydrogens (tertiary/aromatic N) is 5. The summed E-state index contributed by atoms with van der Waals surface area (Å²) in [5, 5.41) is 13.7. The van der Waals surface area contributed by atoms with Crippen molar-refractivity contribution >= 4 is 35.0 Å². The lowest BCUT2D eigenvalue weighted by Gasteiger charge is -2.28. The normalized spacial score (nSPS) is 14.1. The number of amides is 1. The summed E-state index contributed by atoms with van der Waals surface area (Å²) < 4.78 is 7.54. The molecule has 1 saturated heterocycles. The predicted octanol–water partition coefficient (Wildman–Crippen LogP) is 3.22. The number of carbonyl (C=O) groups excluding carboxylic acids is 1. The smallest absolute Gasteiger partial charge is 0.233 e. The maximum absolute atomic E-state index is 12.7. The van der Waals surface area contributed by atoms with Crippen LogP contribution in [0.15, 0.2) is 46.2 Å². The Hall–Kier alpha value is -2.36. The van der Waals surface area contributed by atoms with Gasteiger partial charge in [0.15, 0.2) is 5.16 Å². The van der Waals surface area contributed by atoms with Crippen LogP contribution in [0.5, 0.6) is 0 Å². The first-order chi connectivity index (χ1) is 14.6. The SMILES string of the molecule is Cc1cccc(-n2c(SCC(=O)N(C)Cc3ccsc3)nnc2N2CCOCC2)c1. The molecular formula is C21H25N5O2S2. The monoisotopic (exact) mass is 443 g/mol. The third-order valence-corrected chi connectivity index (χ3v) is 6.57. The van der Waals surface area contributed by atoms with Gasteiger partial charge in [0, 0.05) is 26.7 Å². The Labute approximate surface area is 184 Å². The highest BCUT2D eigenvalue weighted by Crippen LogP contribution is 2.28. The minimum atomic E-state index is 0.0675. The number of thioether (sulfide) groups is 1. The van der Waals surface area contributed by atoms with Gasteiger partial charge in [0.2, 0.25) is 11.9 Å². The van der Waals surface area contributed by atoms with Crippen molar-refractivity contribution in [2.24, 2.45) is 0 Å². The van der Waals surface area contributed by atoms with Crippen molar-refractivity contribution in [3.8, 4) is 5.69 Å². The van der Waals surface area contributed by atoms with Crippen molar-refractivity contribution in [2.75, 3.05) is 44.0 Å². The first-order valence-electron chi connectivity index (χ1n) is 9.85. The van der Waals surface area contributed by atoms with E-state index in [2.05, 4.69) is 50.2 Å². The van der Waals surface area contributed by atoms with Gasteiger partial charge < -0.3 is 14.5 Å². The molecule has 1 fully saturated rings. The molecular weight excluding hydrogens is 418 g/mol. The van der Waals surface area contributed by atoms with Crippen molar-refractivity contribution in [1.29, 1.82) is 0 Å². The Morgan fingerprint density at radius 2 is 2.10 bits per heavy atom. The highest BCUT2D eigenvalue weighted by atomic mass is 32.2. The Morgan fingerprint density at radius 1 is 1.27 bits per heavy atom. The van der Waals surface area contributed by atoms with Crippen LogP contribution in [0.1, 0.15) is 11.1 Å². The van der Waals surface area contributed by atoms with E-state index in [1.807, 2.05) is 24.6 Å². The zero-order chi connectivity index (χ0) is 20.9. The van der Waals surface area contributed by atoms with Crippen LogP contribution >= 0.6 is 23.1 Å². The van der Waals surface area contributed by atoms with Gasteiger partial charge >= 0.3 is 0 Å². The van der Waals surface area contributed by atoms with E-state index in [9.17, 15) is 4.79 Å². The van der Waals surface area contributed by atoms with Gasteiger partial charge in [-0.1, -0.05) is 23.9 Å². The summed E-state index contributed by atoms with van der Waals surface area (Å²) in [5.41, 5.74) is 3.32. The summed E-state index contributed by atoms with van der Waals surface area (Å²) in [4.78, 5) is 16.6. The molecule has 9 heteroatoms. The average Bonchev–Trinajstić information content (AvgIpc) is 3.42. The van der Waals surface area contributed by atoms with E-state index in [4.69, 9.17) is 4.74 Å². The molecule has 4 rings (SSSR count). The molecule has 0 atom stereocenters. The molecule has 0 bridgehead atoms. The van der Waals surface area contributed by atoms with E-state index in [1.54, 1.807) is 16.2 Å². The number of morpholine rings is 1. The number of thiophene rings is 1. The van der Waals surface area contributed by atoms with Crippen LogP contribution in [-0.2, 0) is 16.1 Å². The maximum Gasteiger partial charge on any atom is 0.233 e. The van der Waals surface area contributed by atoms with Crippen LogP contribution in [0, 0.1) is 6.92 Å². The fourth-order valence-electron chi connectivity index (χ4n) is 3.30. The van der Waals surface area contributed by atoms with Gasteiger partial charge in [-0.15, -0.1) is 10.2 Å². The lowest BCUT2D eigenvalue weighted by Crippen LogP contribution is -2.37. The molecule has 3 heterocycles. The maximum atomic E-state index is 12.7. The van der Waals surface area contributed by atoms with Crippen molar-refractivity contribution in [3.05, 3.63) is 52.2 Å². The van der Waals surface area contributed by atoms with Gasteiger partial charge in [-0.25, -0.2) is 0 Å². The molecule has 0 radical (unpaired) electrons. The van der Waals surface area contributed by atoms with E-state index >= 15 is 0 Å². The molecule has 0 aliphatic carbocycles. The molecule has 1 aliphatic heterocycles. The molecule has 30 heavy (non-hydrogen) atoms. The standard InChI is InChI=1S/C21H25N5O2S2/c1-16-4-3-5-18(12-16)26-20(25-7-9-28-10-8-25)22-23-21(26)30-15-19(27)24(2)13-17-6-11-29-14-17/h3-6,11-12,14H,7-10,13,15H2,1-2H3. The molecule has 0 N–H and O–H groups in total. The van der Waals surface area contributed by atoms with E-state index in [-0.39, 0.29) is 5.91 Å². The van der Waals surface area contributed by atoms with Gasteiger partial charge in [0.1, 0.15) is 0 Å². The van der Waals surface area contributed by atoms with Crippen molar-refractivity contribution in [1.82, 2.24) is 19.7 Å². The van der Waals surface area contributed by atoms with E-state index in [0.29, 0.717) is 25.5 Å². The number of hydrogen-bond donors (Lipinski definition) is 0. The Balaban J connectivity index is 1.53. The molecule has 0 saturated carbocycles. The highest BCUT2D eigenvalue weighted by Gasteiger charge is 2.23. The largest absolute Gasteiger partial charge is 0.378 e. The number of benzene rings is 1. The van der Waals surface area contributed by atoms with E-state index in [1.165, 1.54) is 11.8 Å². The quantitative estimate of drug-likeness (QED) is 0.523. The molecule has 0 unspecified atom stereocenters. The number of ether oxygens (including phenoxy) is 1. The summed E-state index contributed by atoms with van der Waals surface area (Å²) in [5.74, 6) is 1.18. The summed E-state index contributed by atoms with van der Waals surface area (Å²) in [7, 11) is 1.84. The Morgan fingerprint density at radius 3 is 2.83 bits per heavy atom. The zero-order valence-corrected chi connectivity index (χ0v) is 18.8. The number of aromatic nitrogens is 3. The minimum absolute atomic E-state index is 0.0675. The van der Waals surface area contributed by atoms with Gasteiger partial charge in [0.25, 0.3) is 0 Å². The first-order valence-corrected chi connectivity index (χ1v) is 11.8. The number of rotatable bonds is 7. The molecule has 1 aromatic carbocycles. The fraction of sp³-hybridized carbons (Fsp3) is 0.381. The average molecular weight is 444 g/mol. The number of carbonyl (C=O) groups is 1. The topological polar surface area (TPSA) is 63.5 Å². The van der Waals surface area contributed by atoms with Crippen LogP contribution in [0.2, 0.25) is 0 Å². The second-order valence-corrected chi connectivity index (χ2v) is 8.95. The second kappa shape index (κ2) is 9.63. The van der Waals surface area contributed by atoms with E-state index < -0.39 is 0 Å². The molecule has 3 aromatic rings. The van der Waals surface area contributed by atoms with E-state index in [0.717, 1.165) is 41.0 Å². The molecule has 2 aromatic heterocycles. The van der Waals surface area contributed by atoms with Crippen LogP contribution in [-0.4, -0.2) is 64.7 Å². The fourth-order valence-corrected chi connectivity index (χ4v) is 4.85. The summed E-state index contributed by atoms with van der Waals surface area (Å²) in [6.45, 7) is 5.59. The number of anilines is 1. The summed E-state index contributed by atoms with van der Waals surface area (Å²) >= 11 is 3.07. The molecule has 1 amide bonds. The molecule has 7 nitrogen and oxygen atoms in total.